The molecule has 0 radical (unpaired) electrons. The van der Waals surface area contributed by atoms with Crippen molar-refractivity contribution in [2.45, 2.75) is 39.7 Å². The molecule has 1 aromatic carbocycles. The molecule has 0 aliphatic heterocycles. The monoisotopic (exact) mass is 296 g/mol. The number of aryl methyl sites for hydroxylation is 1. The summed E-state index contributed by atoms with van der Waals surface area (Å²) in [5.74, 6) is -0.529. The minimum absolute atomic E-state index is 0.0168. The van der Waals surface area contributed by atoms with Gasteiger partial charge in [-0.3, -0.25) is 9.69 Å². The van der Waals surface area contributed by atoms with Gasteiger partial charge in [0.05, 0.1) is 13.2 Å². The van der Waals surface area contributed by atoms with Gasteiger partial charge >= 0.3 is 0 Å². The van der Waals surface area contributed by atoms with Crippen molar-refractivity contribution in [3.63, 3.8) is 0 Å². The molecule has 2 N–H and O–H groups in total. The molecule has 1 amide bonds. The fourth-order valence-corrected chi connectivity index (χ4v) is 2.38. The smallest absolute Gasteiger partial charge is 0.238 e. The lowest BCUT2D eigenvalue weighted by molar-refractivity contribution is -0.118. The van der Waals surface area contributed by atoms with Crippen LogP contribution in [0.5, 0.6) is 0 Å². The molecule has 0 spiro atoms. The van der Waals surface area contributed by atoms with E-state index < -0.39 is 0 Å². The van der Waals surface area contributed by atoms with Gasteiger partial charge in [0, 0.05) is 18.3 Å². The molecule has 0 bridgehead atoms. The molecule has 0 heterocycles. The van der Waals surface area contributed by atoms with Gasteiger partial charge < -0.3 is 10.4 Å². The summed E-state index contributed by atoms with van der Waals surface area (Å²) in [5, 5.41) is 11.8. The first kappa shape index (κ1) is 17.6. The van der Waals surface area contributed by atoms with Gasteiger partial charge in [0.2, 0.25) is 5.91 Å². The highest BCUT2D eigenvalue weighted by Crippen LogP contribution is 2.14. The van der Waals surface area contributed by atoms with E-state index >= 15 is 0 Å². The summed E-state index contributed by atoms with van der Waals surface area (Å²) in [6, 6.07) is 4.90. The van der Waals surface area contributed by atoms with E-state index in [1.165, 1.54) is 6.07 Å². The predicted octanol–water partition coefficient (Wildman–Crippen LogP) is 2.56. The predicted molar refractivity (Wildman–Crippen MR) is 82.8 cm³/mol. The van der Waals surface area contributed by atoms with Gasteiger partial charge in [0.15, 0.2) is 0 Å². The molecular formula is C16H25FN2O2. The Kier molecular flexibility index (Phi) is 7.32. The average Bonchev–Trinajstić information content (AvgIpc) is 2.44. The van der Waals surface area contributed by atoms with Crippen LogP contribution in [0, 0.1) is 12.7 Å². The largest absolute Gasteiger partial charge is 0.395 e. The van der Waals surface area contributed by atoms with Crippen molar-refractivity contribution in [1.82, 2.24) is 4.90 Å². The molecule has 4 nitrogen and oxygen atoms in total. The van der Waals surface area contributed by atoms with Gasteiger partial charge in [0.1, 0.15) is 5.82 Å². The Hall–Kier alpha value is -1.46. The fourth-order valence-electron chi connectivity index (χ4n) is 2.38. The van der Waals surface area contributed by atoms with Gasteiger partial charge in [0.25, 0.3) is 0 Å². The lowest BCUT2D eigenvalue weighted by atomic mass is 10.1. The lowest BCUT2D eigenvalue weighted by Gasteiger charge is -2.29. The molecule has 0 aliphatic carbocycles. The number of rotatable bonds is 8. The third-order valence-electron chi connectivity index (χ3n) is 3.65. The van der Waals surface area contributed by atoms with Crippen LogP contribution in [-0.4, -0.2) is 41.7 Å². The Balaban J connectivity index is 2.66. The van der Waals surface area contributed by atoms with Crippen molar-refractivity contribution in [3.05, 3.63) is 29.6 Å². The topological polar surface area (TPSA) is 52.6 Å². The van der Waals surface area contributed by atoms with Gasteiger partial charge in [-0.25, -0.2) is 4.39 Å². The van der Waals surface area contributed by atoms with Crippen molar-refractivity contribution < 1.29 is 14.3 Å². The Bertz CT molecular complexity index is 462. The number of amides is 1. The Morgan fingerprint density at radius 1 is 1.38 bits per heavy atom. The van der Waals surface area contributed by atoms with Crippen molar-refractivity contribution in [2.75, 3.05) is 25.0 Å². The number of carbonyl (C=O) groups excluding carboxylic acids is 1. The molecule has 5 heteroatoms. The number of hydrogen-bond donors (Lipinski definition) is 2. The molecule has 1 aromatic rings. The molecule has 21 heavy (non-hydrogen) atoms. The van der Waals surface area contributed by atoms with Crippen molar-refractivity contribution in [1.29, 1.82) is 0 Å². The highest BCUT2D eigenvalue weighted by atomic mass is 19.1. The highest BCUT2D eigenvalue weighted by Gasteiger charge is 2.18. The van der Waals surface area contributed by atoms with Crippen LogP contribution < -0.4 is 5.32 Å². The van der Waals surface area contributed by atoms with E-state index in [2.05, 4.69) is 19.2 Å². The van der Waals surface area contributed by atoms with Crippen molar-refractivity contribution in [2.24, 2.45) is 0 Å². The van der Waals surface area contributed by atoms with E-state index in [4.69, 9.17) is 5.11 Å². The highest BCUT2D eigenvalue weighted by molar-refractivity contribution is 5.92. The molecule has 0 saturated carbocycles. The summed E-state index contributed by atoms with van der Waals surface area (Å²) >= 11 is 0. The minimum atomic E-state index is -0.333. The normalized spacial score (nSPS) is 11.2. The number of nitrogens with one attached hydrogen (secondary N) is 1. The first-order chi connectivity index (χ1) is 10.0. The SMILES string of the molecule is CCC(CC)N(CCO)CC(=O)Nc1ccc(C)c(F)c1. The van der Waals surface area contributed by atoms with Crippen LogP contribution in [0.25, 0.3) is 0 Å². The summed E-state index contributed by atoms with van der Waals surface area (Å²) < 4.78 is 13.5. The minimum Gasteiger partial charge on any atom is -0.395 e. The number of aliphatic hydroxyl groups is 1. The number of anilines is 1. The first-order valence-electron chi connectivity index (χ1n) is 7.42. The summed E-state index contributed by atoms with van der Waals surface area (Å²) in [6.07, 6.45) is 1.84. The zero-order valence-corrected chi connectivity index (χ0v) is 13.0. The van der Waals surface area contributed by atoms with E-state index in [0.717, 1.165) is 12.8 Å². The number of aliphatic hydroxyl groups excluding tert-OH is 1. The van der Waals surface area contributed by atoms with Crippen LogP contribution in [0.1, 0.15) is 32.3 Å². The van der Waals surface area contributed by atoms with E-state index in [-0.39, 0.29) is 30.9 Å². The molecule has 0 aromatic heterocycles. The maximum atomic E-state index is 13.5. The van der Waals surface area contributed by atoms with Crippen LogP contribution in [0.3, 0.4) is 0 Å². The van der Waals surface area contributed by atoms with Gasteiger partial charge in [-0.15, -0.1) is 0 Å². The lowest BCUT2D eigenvalue weighted by Crippen LogP contribution is -2.42. The van der Waals surface area contributed by atoms with Crippen LogP contribution >= 0.6 is 0 Å². The maximum Gasteiger partial charge on any atom is 0.238 e. The molecule has 0 fully saturated rings. The third kappa shape index (κ3) is 5.44. The average molecular weight is 296 g/mol. The molecular weight excluding hydrogens is 271 g/mol. The van der Waals surface area contributed by atoms with Gasteiger partial charge in [-0.2, -0.15) is 0 Å². The number of benzene rings is 1. The molecule has 118 valence electrons. The number of hydrogen-bond acceptors (Lipinski definition) is 3. The van der Waals surface area contributed by atoms with Crippen LogP contribution in [0.15, 0.2) is 18.2 Å². The quantitative estimate of drug-likeness (QED) is 0.775. The van der Waals surface area contributed by atoms with E-state index in [1.807, 2.05) is 4.90 Å². The standard InChI is InChI=1S/C16H25FN2O2/c1-4-14(5-2)19(8-9-20)11-16(21)18-13-7-6-12(3)15(17)10-13/h6-7,10,14,20H,4-5,8-9,11H2,1-3H3,(H,18,21). The second-order valence-electron chi connectivity index (χ2n) is 5.18. The van der Waals surface area contributed by atoms with Gasteiger partial charge in [-0.1, -0.05) is 19.9 Å². The second kappa shape index (κ2) is 8.74. The molecule has 0 saturated heterocycles. The molecule has 1 rings (SSSR count). The zero-order valence-electron chi connectivity index (χ0n) is 13.0. The molecule has 0 unspecified atom stereocenters. The van der Waals surface area contributed by atoms with E-state index in [0.29, 0.717) is 17.8 Å². The number of halogens is 1. The Morgan fingerprint density at radius 3 is 2.57 bits per heavy atom. The Morgan fingerprint density at radius 2 is 2.05 bits per heavy atom. The van der Waals surface area contributed by atoms with E-state index in [9.17, 15) is 9.18 Å². The summed E-state index contributed by atoms with van der Waals surface area (Å²) in [4.78, 5) is 14.0. The zero-order chi connectivity index (χ0) is 15.8. The number of carbonyl (C=O) groups is 1. The third-order valence-corrected chi connectivity index (χ3v) is 3.65. The van der Waals surface area contributed by atoms with Crippen LogP contribution in [0.4, 0.5) is 10.1 Å². The number of nitrogens with zero attached hydrogens (tertiary/aromatic N) is 1. The van der Waals surface area contributed by atoms with Crippen LogP contribution in [-0.2, 0) is 4.79 Å². The van der Waals surface area contributed by atoms with Crippen molar-refractivity contribution >= 4 is 11.6 Å². The van der Waals surface area contributed by atoms with E-state index in [1.54, 1.807) is 19.1 Å². The second-order valence-corrected chi connectivity index (χ2v) is 5.18. The first-order valence-corrected chi connectivity index (χ1v) is 7.42. The van der Waals surface area contributed by atoms with Gasteiger partial charge in [-0.05, 0) is 37.5 Å². The maximum absolute atomic E-state index is 13.5. The van der Waals surface area contributed by atoms with Crippen molar-refractivity contribution in [3.8, 4) is 0 Å². The Labute approximate surface area is 126 Å². The summed E-state index contributed by atoms with van der Waals surface area (Å²) in [7, 11) is 0. The van der Waals surface area contributed by atoms with Crippen LogP contribution in [0.2, 0.25) is 0 Å². The summed E-state index contributed by atoms with van der Waals surface area (Å²) in [5.41, 5.74) is 1.00. The molecule has 0 atom stereocenters. The fraction of sp³-hybridized carbons (Fsp3) is 0.562. The summed E-state index contributed by atoms with van der Waals surface area (Å²) in [6.45, 7) is 6.47. The molecule has 0 aliphatic rings.